The van der Waals surface area contributed by atoms with Gasteiger partial charge in [-0.3, -0.25) is 9.69 Å². The fraction of sp³-hybridized carbons (Fsp3) is 0.731. The average molecular weight is 470 g/mol. The van der Waals surface area contributed by atoms with Crippen LogP contribution in [0.2, 0.25) is 0 Å². The molecule has 7 rings (SSSR count). The minimum atomic E-state index is -0.988. The van der Waals surface area contributed by atoms with Crippen molar-refractivity contribution in [3.8, 4) is 11.5 Å². The molecular weight excluding hydrogens is 434 g/mol. The van der Waals surface area contributed by atoms with Gasteiger partial charge in [0.05, 0.1) is 30.8 Å². The van der Waals surface area contributed by atoms with Crippen LogP contribution in [0.3, 0.4) is 0 Å². The number of morpholine rings is 1. The molecule has 0 unspecified atom stereocenters. The molecule has 3 saturated heterocycles. The number of amides is 1. The second kappa shape index (κ2) is 7.56. The molecule has 1 saturated carbocycles. The molecule has 1 amide bonds. The predicted octanol–water partition coefficient (Wildman–Crippen LogP) is 0.773. The molecule has 2 bridgehead atoms. The Hall–Kier alpha value is -1.87. The van der Waals surface area contributed by atoms with Gasteiger partial charge in [0.1, 0.15) is 6.10 Å². The molecule has 2 aliphatic carbocycles. The fourth-order valence-electron chi connectivity index (χ4n) is 7.72. The molecule has 4 fully saturated rings. The number of phenolic OH excluding ortho intramolecular Hbond substituents is 1. The van der Waals surface area contributed by atoms with Crippen LogP contribution < -0.4 is 10.1 Å². The lowest BCUT2D eigenvalue weighted by atomic mass is 9.52. The molecule has 8 heteroatoms. The zero-order valence-corrected chi connectivity index (χ0v) is 19.7. The number of aliphatic hydroxyl groups is 1. The Morgan fingerprint density at radius 1 is 1.24 bits per heavy atom. The lowest BCUT2D eigenvalue weighted by molar-refractivity contribution is -0.162. The third-order valence-corrected chi connectivity index (χ3v) is 9.56. The van der Waals surface area contributed by atoms with E-state index in [9.17, 15) is 15.0 Å². The van der Waals surface area contributed by atoms with Gasteiger partial charge in [-0.05, 0) is 56.2 Å². The number of piperidine rings is 1. The molecular formula is C26H35N3O5. The Morgan fingerprint density at radius 3 is 2.91 bits per heavy atom. The number of phenols is 1. The summed E-state index contributed by atoms with van der Waals surface area (Å²) in [4.78, 5) is 17.8. The smallest absolute Gasteiger partial charge is 0.224 e. The van der Waals surface area contributed by atoms with Gasteiger partial charge in [-0.2, -0.15) is 0 Å². The summed E-state index contributed by atoms with van der Waals surface area (Å²) >= 11 is 0. The highest BCUT2D eigenvalue weighted by atomic mass is 16.5. The zero-order chi connectivity index (χ0) is 23.1. The molecule has 8 nitrogen and oxygen atoms in total. The molecule has 0 aromatic heterocycles. The maximum Gasteiger partial charge on any atom is 0.224 e. The van der Waals surface area contributed by atoms with E-state index in [1.807, 2.05) is 11.0 Å². The van der Waals surface area contributed by atoms with E-state index < -0.39 is 11.0 Å². The maximum atomic E-state index is 13.4. The maximum absolute atomic E-state index is 13.4. The number of likely N-dealkylation sites (tertiary alicyclic amines) is 2. The molecule has 1 spiro atoms. The minimum Gasteiger partial charge on any atom is -0.504 e. The van der Waals surface area contributed by atoms with Crippen molar-refractivity contribution in [3.63, 3.8) is 0 Å². The van der Waals surface area contributed by atoms with E-state index in [0.717, 1.165) is 44.0 Å². The van der Waals surface area contributed by atoms with Crippen molar-refractivity contribution in [2.24, 2.45) is 5.92 Å². The summed E-state index contributed by atoms with van der Waals surface area (Å²) in [5, 5.41) is 26.7. The molecule has 1 aromatic rings. The number of nitrogens with one attached hydrogen (secondary N) is 1. The number of carbonyl (C=O) groups excluding carboxylic acids is 1. The average Bonchev–Trinajstić information content (AvgIpc) is 3.60. The number of ether oxygens (including phenoxy) is 2. The standard InChI is InChI=1S/C26H35N3O5/c30-19-4-3-17-11-20-26(32)6-9-29(22(31)12-18-15-33-10-7-27-18)14-21-25(26,23(17)24(19)34-21)5-8-28(20)13-16-1-2-16/h3-4,16,18,20-21,27,30,32H,1-2,5-15H2/t18-,20-,21+,25-,26-/m1/s1. The number of hydrogen-bond donors (Lipinski definition) is 3. The SMILES string of the molecule is O=C(C[C@@H]1COCCN1)N1CC[C@@]2(O)[C@H]3Cc4ccc(O)c5c4[C@@]2(CCN3CC2CC2)[C@H](C1)O5. The Morgan fingerprint density at radius 2 is 2.12 bits per heavy atom. The summed E-state index contributed by atoms with van der Waals surface area (Å²) in [6.07, 6.45) is 4.70. The Balaban J connectivity index is 1.26. The van der Waals surface area contributed by atoms with Crippen LogP contribution >= 0.6 is 0 Å². The van der Waals surface area contributed by atoms with Crippen LogP contribution in [0.25, 0.3) is 0 Å². The van der Waals surface area contributed by atoms with Crippen molar-refractivity contribution in [3.05, 3.63) is 23.3 Å². The highest BCUT2D eigenvalue weighted by Gasteiger charge is 2.71. The largest absolute Gasteiger partial charge is 0.504 e. The van der Waals surface area contributed by atoms with Gasteiger partial charge < -0.3 is 29.9 Å². The van der Waals surface area contributed by atoms with Crippen LogP contribution in [-0.4, -0.2) is 95.6 Å². The molecule has 4 aliphatic heterocycles. The number of carbonyl (C=O) groups is 1. The monoisotopic (exact) mass is 469 g/mol. The molecule has 34 heavy (non-hydrogen) atoms. The quantitative estimate of drug-likeness (QED) is 0.600. The second-order valence-electron chi connectivity index (χ2n) is 11.4. The molecule has 3 N–H and O–H groups in total. The van der Waals surface area contributed by atoms with Crippen molar-refractivity contribution in [1.29, 1.82) is 0 Å². The minimum absolute atomic E-state index is 0.0133. The number of nitrogens with zero attached hydrogens (tertiary/aromatic N) is 2. The first-order valence-electron chi connectivity index (χ1n) is 13.1. The number of benzene rings is 1. The summed E-state index contributed by atoms with van der Waals surface area (Å²) in [6.45, 7) is 4.94. The molecule has 6 aliphatic rings. The molecule has 5 atom stereocenters. The van der Waals surface area contributed by atoms with E-state index in [0.29, 0.717) is 44.9 Å². The van der Waals surface area contributed by atoms with Gasteiger partial charge in [-0.25, -0.2) is 0 Å². The summed E-state index contributed by atoms with van der Waals surface area (Å²) < 4.78 is 12.0. The summed E-state index contributed by atoms with van der Waals surface area (Å²) in [7, 11) is 0. The van der Waals surface area contributed by atoms with Gasteiger partial charge in [-0.15, -0.1) is 0 Å². The van der Waals surface area contributed by atoms with E-state index in [1.54, 1.807) is 6.07 Å². The van der Waals surface area contributed by atoms with Gasteiger partial charge in [0.25, 0.3) is 0 Å². The number of aromatic hydroxyl groups is 1. The first kappa shape index (κ1) is 21.4. The summed E-state index contributed by atoms with van der Waals surface area (Å²) in [5.41, 5.74) is 0.631. The number of hydrogen-bond acceptors (Lipinski definition) is 7. The number of rotatable bonds is 4. The first-order chi connectivity index (χ1) is 16.5. The highest BCUT2D eigenvalue weighted by molar-refractivity contribution is 5.77. The lowest BCUT2D eigenvalue weighted by Gasteiger charge is -2.60. The van der Waals surface area contributed by atoms with E-state index in [-0.39, 0.29) is 29.8 Å². The second-order valence-corrected chi connectivity index (χ2v) is 11.4. The lowest BCUT2D eigenvalue weighted by Crippen LogP contribution is -2.74. The molecule has 1 aromatic carbocycles. The molecule has 184 valence electrons. The topological polar surface area (TPSA) is 94.5 Å². The van der Waals surface area contributed by atoms with Crippen LogP contribution in [0, 0.1) is 5.92 Å². The first-order valence-corrected chi connectivity index (χ1v) is 13.1. The van der Waals surface area contributed by atoms with E-state index in [4.69, 9.17) is 9.47 Å². The fourth-order valence-corrected chi connectivity index (χ4v) is 7.72. The zero-order valence-electron chi connectivity index (χ0n) is 19.7. The van der Waals surface area contributed by atoms with Gasteiger partial charge >= 0.3 is 0 Å². The van der Waals surface area contributed by atoms with E-state index in [2.05, 4.69) is 10.2 Å². The van der Waals surface area contributed by atoms with E-state index in [1.165, 1.54) is 18.4 Å². The third kappa shape index (κ3) is 2.95. The highest BCUT2D eigenvalue weighted by Crippen LogP contribution is 2.63. The van der Waals surface area contributed by atoms with Crippen LogP contribution in [0.5, 0.6) is 11.5 Å². The Kier molecular flexibility index (Phi) is 4.76. The van der Waals surface area contributed by atoms with Crippen LogP contribution in [0.4, 0.5) is 0 Å². The van der Waals surface area contributed by atoms with Crippen molar-refractivity contribution >= 4 is 5.91 Å². The predicted molar refractivity (Wildman–Crippen MR) is 124 cm³/mol. The van der Waals surface area contributed by atoms with Gasteiger partial charge in [0.15, 0.2) is 11.5 Å². The van der Waals surface area contributed by atoms with E-state index >= 15 is 0 Å². The van der Waals surface area contributed by atoms with Crippen molar-refractivity contribution in [1.82, 2.24) is 15.1 Å². The normalized spacial score (nSPS) is 38.7. The molecule has 0 radical (unpaired) electrons. The Labute approximate surface area is 200 Å². The van der Waals surface area contributed by atoms with Crippen molar-refractivity contribution in [2.75, 3.05) is 45.9 Å². The van der Waals surface area contributed by atoms with Crippen molar-refractivity contribution in [2.45, 2.75) is 67.7 Å². The van der Waals surface area contributed by atoms with Crippen LogP contribution in [-0.2, 0) is 21.4 Å². The van der Waals surface area contributed by atoms with Crippen LogP contribution in [0.15, 0.2) is 12.1 Å². The summed E-state index contributed by atoms with van der Waals surface area (Å²) in [6, 6.07) is 3.80. The molecule has 4 heterocycles. The van der Waals surface area contributed by atoms with Gasteiger partial charge in [0, 0.05) is 43.7 Å². The third-order valence-electron chi connectivity index (χ3n) is 9.56. The van der Waals surface area contributed by atoms with Crippen LogP contribution in [0.1, 0.15) is 43.2 Å². The van der Waals surface area contributed by atoms with Gasteiger partial charge in [0.2, 0.25) is 5.91 Å². The Bertz CT molecular complexity index is 1010. The van der Waals surface area contributed by atoms with Crippen molar-refractivity contribution < 1.29 is 24.5 Å². The summed E-state index contributed by atoms with van der Waals surface area (Å²) in [5.74, 6) is 1.50. The van der Waals surface area contributed by atoms with Gasteiger partial charge in [-0.1, -0.05) is 6.07 Å².